The maximum atomic E-state index is 12.5. The lowest BCUT2D eigenvalue weighted by molar-refractivity contribution is -0.134. The highest BCUT2D eigenvalue weighted by Gasteiger charge is 2.21. The summed E-state index contributed by atoms with van der Waals surface area (Å²) in [6.07, 6.45) is 0.843. The quantitative estimate of drug-likeness (QED) is 0.395. The van der Waals surface area contributed by atoms with Gasteiger partial charge in [-0.1, -0.05) is 48.5 Å². The molecule has 0 aromatic heterocycles. The van der Waals surface area contributed by atoms with Gasteiger partial charge in [0, 0.05) is 25.2 Å². The van der Waals surface area contributed by atoms with Crippen molar-refractivity contribution in [1.29, 1.82) is 5.41 Å². The largest absolute Gasteiger partial charge is 0.384 e. The molecule has 0 spiro atoms. The van der Waals surface area contributed by atoms with E-state index >= 15 is 0 Å². The van der Waals surface area contributed by atoms with Crippen LogP contribution < -0.4 is 16.4 Å². The van der Waals surface area contributed by atoms with E-state index in [1.54, 1.807) is 24.0 Å². The molecule has 0 saturated carbocycles. The fourth-order valence-corrected chi connectivity index (χ4v) is 3.30. The maximum Gasteiger partial charge on any atom is 0.242 e. The van der Waals surface area contributed by atoms with E-state index in [2.05, 4.69) is 16.7 Å². The Balaban J connectivity index is 0.00000320. The molecule has 2 aromatic carbocycles. The third kappa shape index (κ3) is 6.05. The number of amides is 2. The van der Waals surface area contributed by atoms with Crippen molar-refractivity contribution in [2.24, 2.45) is 5.73 Å². The number of benzene rings is 2. The standard InChI is InChI=1S/C22H27N5O2.ClH/c1-15(25-12-16-6-8-18(9-7-16)21(23)24)22(29)26-13-20(28)27-11-10-17-4-2-3-5-19(17)14-27;/h2-9,15,25H,10-14H2,1H3,(H3,23,24)(H,26,29);1H. The van der Waals surface area contributed by atoms with Crippen LogP contribution in [0.3, 0.4) is 0 Å². The highest BCUT2D eigenvalue weighted by molar-refractivity contribution is 5.94. The van der Waals surface area contributed by atoms with Gasteiger partial charge in [0.2, 0.25) is 11.8 Å². The van der Waals surface area contributed by atoms with Gasteiger partial charge in [0.05, 0.1) is 12.6 Å². The Morgan fingerprint density at radius 2 is 1.80 bits per heavy atom. The third-order valence-electron chi connectivity index (χ3n) is 5.17. The van der Waals surface area contributed by atoms with E-state index in [0.717, 1.165) is 12.0 Å². The molecule has 5 N–H and O–H groups in total. The zero-order chi connectivity index (χ0) is 20.8. The zero-order valence-electron chi connectivity index (χ0n) is 17.0. The van der Waals surface area contributed by atoms with Gasteiger partial charge in [-0.05, 0) is 30.0 Å². The number of hydrogen-bond acceptors (Lipinski definition) is 4. The number of halogens is 1. The molecular weight excluding hydrogens is 402 g/mol. The van der Waals surface area contributed by atoms with Crippen LogP contribution in [0.2, 0.25) is 0 Å². The lowest BCUT2D eigenvalue weighted by atomic mass is 10.00. The molecule has 0 bridgehead atoms. The Kier molecular flexibility index (Phi) is 8.38. The summed E-state index contributed by atoms with van der Waals surface area (Å²) in [6.45, 7) is 3.54. The molecule has 3 rings (SSSR count). The molecule has 0 saturated heterocycles. The molecule has 7 nitrogen and oxygen atoms in total. The van der Waals surface area contributed by atoms with Crippen molar-refractivity contribution >= 4 is 30.1 Å². The van der Waals surface area contributed by atoms with Gasteiger partial charge in [-0.15, -0.1) is 12.4 Å². The first kappa shape index (κ1) is 23.4. The monoisotopic (exact) mass is 429 g/mol. The smallest absolute Gasteiger partial charge is 0.242 e. The summed E-state index contributed by atoms with van der Waals surface area (Å²) in [4.78, 5) is 26.6. The molecule has 1 unspecified atom stereocenters. The normalized spacial score (nSPS) is 13.6. The van der Waals surface area contributed by atoms with Crippen molar-refractivity contribution in [3.05, 3.63) is 70.8 Å². The summed E-state index contributed by atoms with van der Waals surface area (Å²) < 4.78 is 0. The average Bonchev–Trinajstić information content (AvgIpc) is 2.75. The fraction of sp³-hybridized carbons (Fsp3) is 0.318. The van der Waals surface area contributed by atoms with Crippen LogP contribution >= 0.6 is 12.4 Å². The number of amidine groups is 1. The minimum atomic E-state index is -0.433. The van der Waals surface area contributed by atoms with Crippen LogP contribution in [0.25, 0.3) is 0 Å². The number of nitrogens with one attached hydrogen (secondary N) is 3. The second-order valence-electron chi connectivity index (χ2n) is 7.26. The van der Waals surface area contributed by atoms with Crippen LogP contribution in [0.5, 0.6) is 0 Å². The van der Waals surface area contributed by atoms with E-state index in [0.29, 0.717) is 25.2 Å². The Labute approximate surface area is 182 Å². The number of nitrogens with zero attached hydrogens (tertiary/aromatic N) is 1. The van der Waals surface area contributed by atoms with E-state index in [4.69, 9.17) is 11.1 Å². The number of nitrogens with two attached hydrogens (primary N) is 1. The lowest BCUT2D eigenvalue weighted by Crippen LogP contribution is -2.47. The summed E-state index contributed by atoms with van der Waals surface area (Å²) in [5.41, 5.74) is 9.55. The molecule has 0 radical (unpaired) electrons. The van der Waals surface area contributed by atoms with E-state index in [9.17, 15) is 9.59 Å². The van der Waals surface area contributed by atoms with Crippen LogP contribution in [0.15, 0.2) is 48.5 Å². The topological polar surface area (TPSA) is 111 Å². The van der Waals surface area contributed by atoms with Gasteiger partial charge in [-0.25, -0.2) is 0 Å². The summed E-state index contributed by atoms with van der Waals surface area (Å²) >= 11 is 0. The lowest BCUT2D eigenvalue weighted by Gasteiger charge is -2.29. The van der Waals surface area contributed by atoms with Gasteiger partial charge in [0.25, 0.3) is 0 Å². The molecule has 2 amide bonds. The fourth-order valence-electron chi connectivity index (χ4n) is 3.30. The average molecular weight is 430 g/mol. The second-order valence-corrected chi connectivity index (χ2v) is 7.26. The van der Waals surface area contributed by atoms with Gasteiger partial charge >= 0.3 is 0 Å². The van der Waals surface area contributed by atoms with Gasteiger partial charge in [0.15, 0.2) is 0 Å². The van der Waals surface area contributed by atoms with Crippen LogP contribution in [0.1, 0.15) is 29.2 Å². The molecule has 1 heterocycles. The highest BCUT2D eigenvalue weighted by atomic mass is 35.5. The number of fused-ring (bicyclic) bond motifs is 1. The molecular formula is C22H28ClN5O2. The number of carbonyl (C=O) groups is 2. The SMILES string of the molecule is CC(NCc1ccc(C(=N)N)cc1)C(=O)NCC(=O)N1CCc2ccccc2C1.Cl. The minimum Gasteiger partial charge on any atom is -0.384 e. The molecule has 8 heteroatoms. The molecule has 0 fully saturated rings. The van der Waals surface area contributed by atoms with Crippen molar-refractivity contribution in [3.8, 4) is 0 Å². The summed E-state index contributed by atoms with van der Waals surface area (Å²) in [6, 6.07) is 15.0. The molecule has 0 aliphatic carbocycles. The van der Waals surface area contributed by atoms with Crippen LogP contribution in [0, 0.1) is 5.41 Å². The Hall–Kier alpha value is -2.90. The predicted octanol–water partition coefficient (Wildman–Crippen LogP) is 1.57. The van der Waals surface area contributed by atoms with Crippen LogP contribution in [0.4, 0.5) is 0 Å². The van der Waals surface area contributed by atoms with Crippen molar-refractivity contribution in [2.75, 3.05) is 13.1 Å². The number of hydrogen-bond donors (Lipinski definition) is 4. The van der Waals surface area contributed by atoms with Crippen molar-refractivity contribution in [2.45, 2.75) is 32.5 Å². The predicted molar refractivity (Wildman–Crippen MR) is 120 cm³/mol. The van der Waals surface area contributed by atoms with Crippen molar-refractivity contribution < 1.29 is 9.59 Å². The van der Waals surface area contributed by atoms with Gasteiger partial charge < -0.3 is 21.3 Å². The van der Waals surface area contributed by atoms with Gasteiger partial charge in [-0.3, -0.25) is 15.0 Å². The minimum absolute atomic E-state index is 0. The van der Waals surface area contributed by atoms with Crippen LogP contribution in [-0.2, 0) is 29.1 Å². The molecule has 1 aliphatic heterocycles. The number of rotatable bonds is 7. The van der Waals surface area contributed by atoms with Crippen LogP contribution in [-0.4, -0.2) is 41.7 Å². The molecule has 1 aliphatic rings. The third-order valence-corrected chi connectivity index (χ3v) is 5.17. The Morgan fingerprint density at radius 3 is 2.47 bits per heavy atom. The van der Waals surface area contributed by atoms with Gasteiger partial charge in [-0.2, -0.15) is 0 Å². The van der Waals surface area contributed by atoms with E-state index < -0.39 is 6.04 Å². The molecule has 160 valence electrons. The van der Waals surface area contributed by atoms with Crippen molar-refractivity contribution in [1.82, 2.24) is 15.5 Å². The first-order valence-electron chi connectivity index (χ1n) is 9.73. The number of carbonyl (C=O) groups excluding carboxylic acids is 2. The zero-order valence-corrected chi connectivity index (χ0v) is 17.8. The Bertz CT molecular complexity index is 901. The summed E-state index contributed by atoms with van der Waals surface area (Å²) in [5, 5.41) is 13.3. The summed E-state index contributed by atoms with van der Waals surface area (Å²) in [7, 11) is 0. The second kappa shape index (κ2) is 10.8. The molecule has 2 aromatic rings. The maximum absolute atomic E-state index is 12.5. The molecule has 30 heavy (non-hydrogen) atoms. The summed E-state index contributed by atoms with van der Waals surface area (Å²) in [5.74, 6) is -0.255. The first-order chi connectivity index (χ1) is 13.9. The molecule has 1 atom stereocenters. The van der Waals surface area contributed by atoms with Crippen molar-refractivity contribution in [3.63, 3.8) is 0 Å². The van der Waals surface area contributed by atoms with E-state index in [1.807, 2.05) is 30.3 Å². The number of nitrogen functional groups attached to an aromatic ring is 1. The Morgan fingerprint density at radius 1 is 1.13 bits per heavy atom. The first-order valence-corrected chi connectivity index (χ1v) is 9.73. The van der Waals surface area contributed by atoms with Gasteiger partial charge in [0.1, 0.15) is 5.84 Å². The highest BCUT2D eigenvalue weighted by Crippen LogP contribution is 2.18. The van der Waals surface area contributed by atoms with E-state index in [-0.39, 0.29) is 36.6 Å². The van der Waals surface area contributed by atoms with E-state index in [1.165, 1.54) is 11.1 Å².